The van der Waals surface area contributed by atoms with Gasteiger partial charge in [-0.15, -0.1) is 0 Å². The van der Waals surface area contributed by atoms with Gasteiger partial charge in [0.25, 0.3) is 0 Å². The molecule has 0 amide bonds. The molecule has 0 fully saturated rings. The molecule has 1 aromatic rings. The Bertz CT molecular complexity index is 580. The minimum Gasteiger partial charge on any atom is -0.591 e. The molecule has 24 heavy (non-hydrogen) atoms. The zero-order chi connectivity index (χ0) is 18.5. The smallest absolute Gasteiger partial charge is 0.144 e. The molecule has 136 valence electrons. The molecule has 0 radical (unpaired) electrons. The summed E-state index contributed by atoms with van der Waals surface area (Å²) in [7, 11) is -1.60. The molecule has 1 unspecified atom stereocenters. The maximum absolute atomic E-state index is 12.0. The van der Waals surface area contributed by atoms with Crippen LogP contribution < -0.4 is 5.19 Å². The van der Waals surface area contributed by atoms with Crippen LogP contribution in [0, 0.1) is 0 Å². The van der Waals surface area contributed by atoms with Crippen molar-refractivity contribution in [1.82, 2.24) is 4.98 Å². The number of hydrogen-bond acceptors (Lipinski definition) is 3. The van der Waals surface area contributed by atoms with Crippen LogP contribution in [0.1, 0.15) is 47.2 Å². The Kier molecular flexibility index (Phi) is 8.47. The van der Waals surface area contributed by atoms with E-state index in [4.69, 9.17) is 11.6 Å². The Balaban J connectivity index is 3.17. The van der Waals surface area contributed by atoms with Gasteiger partial charge in [-0.3, -0.25) is 0 Å². The van der Waals surface area contributed by atoms with Gasteiger partial charge in [0, 0.05) is 6.42 Å². The molecule has 0 spiro atoms. The predicted molar refractivity (Wildman–Crippen MR) is 114 cm³/mol. The average Bonchev–Trinajstić information content (AvgIpc) is 2.52. The maximum Gasteiger partial charge on any atom is 0.144 e. The van der Waals surface area contributed by atoms with Crippen molar-refractivity contribution in [1.29, 1.82) is 0 Å². The Morgan fingerprint density at radius 2 is 1.83 bits per heavy atom. The molecular formula is C17H28BrClN2OSSi. The Morgan fingerprint density at radius 1 is 1.29 bits per heavy atom. The number of pyridine rings is 1. The van der Waals surface area contributed by atoms with Crippen LogP contribution >= 0.6 is 27.5 Å². The van der Waals surface area contributed by atoms with E-state index < -0.39 is 19.4 Å². The van der Waals surface area contributed by atoms with Gasteiger partial charge in [-0.1, -0.05) is 54.9 Å². The van der Waals surface area contributed by atoms with Crippen molar-refractivity contribution in [2.75, 3.05) is 0 Å². The van der Waals surface area contributed by atoms with Crippen LogP contribution in [-0.4, -0.2) is 28.6 Å². The monoisotopic (exact) mass is 450 g/mol. The summed E-state index contributed by atoms with van der Waals surface area (Å²) in [4.78, 5) is 4.53. The van der Waals surface area contributed by atoms with Gasteiger partial charge in [-0.2, -0.15) is 0 Å². The van der Waals surface area contributed by atoms with Crippen LogP contribution in [-0.2, 0) is 17.8 Å². The van der Waals surface area contributed by atoms with E-state index in [9.17, 15) is 4.55 Å². The van der Waals surface area contributed by atoms with Gasteiger partial charge in [-0.25, -0.2) is 4.98 Å². The molecule has 7 heteroatoms. The van der Waals surface area contributed by atoms with Crippen LogP contribution in [0.15, 0.2) is 15.1 Å². The number of hydrogen-bond donors (Lipinski definition) is 0. The Labute approximate surface area is 164 Å². The summed E-state index contributed by atoms with van der Waals surface area (Å²) in [6, 6.07) is 5.59. The lowest BCUT2D eigenvalue weighted by molar-refractivity contribution is 0.561. The van der Waals surface area contributed by atoms with Crippen molar-refractivity contribution >= 4 is 58.4 Å². The molecule has 0 aromatic carbocycles. The van der Waals surface area contributed by atoms with Crippen LogP contribution in [0.25, 0.3) is 0 Å². The first-order chi connectivity index (χ1) is 11.1. The number of halogens is 2. The van der Waals surface area contributed by atoms with Gasteiger partial charge < -0.3 is 4.55 Å². The quantitative estimate of drug-likeness (QED) is 0.245. The third kappa shape index (κ3) is 5.31. The normalized spacial score (nSPS) is 14.4. The van der Waals surface area contributed by atoms with Crippen molar-refractivity contribution in [3.63, 3.8) is 0 Å². The van der Waals surface area contributed by atoms with E-state index in [1.807, 2.05) is 20.8 Å². The molecule has 1 aromatic heterocycles. The Morgan fingerprint density at radius 3 is 2.29 bits per heavy atom. The molecule has 0 saturated carbocycles. The van der Waals surface area contributed by atoms with E-state index in [0.29, 0.717) is 6.42 Å². The molecule has 0 bridgehead atoms. The lowest BCUT2D eigenvalue weighted by Crippen LogP contribution is -2.47. The van der Waals surface area contributed by atoms with E-state index in [0.717, 1.165) is 33.5 Å². The van der Waals surface area contributed by atoms with Crippen molar-refractivity contribution < 1.29 is 4.55 Å². The highest BCUT2D eigenvalue weighted by atomic mass is 79.9. The standard InChI is InChI=1S/C17H28BrClN2OSSi/c1-7-24(8-2,9-3)14-12-15(18)21-13(16(14)19)10-11-20-23(22)17(4,5)6/h11-12H,7-10H2,1-6H3. The minimum absolute atomic E-state index is 0.356. The highest BCUT2D eigenvalue weighted by Crippen LogP contribution is 2.27. The predicted octanol–water partition coefficient (Wildman–Crippen LogP) is 5.29. The summed E-state index contributed by atoms with van der Waals surface area (Å²) >= 11 is 8.99. The molecule has 1 rings (SSSR count). The average molecular weight is 452 g/mol. The highest BCUT2D eigenvalue weighted by Gasteiger charge is 2.32. The molecule has 1 heterocycles. The zero-order valence-corrected chi connectivity index (χ0v) is 19.6. The van der Waals surface area contributed by atoms with E-state index >= 15 is 0 Å². The minimum atomic E-state index is -1.60. The first-order valence-corrected chi connectivity index (χ1v) is 13.3. The Hall–Kier alpha value is 0.117. The topological polar surface area (TPSA) is 48.3 Å². The fourth-order valence-electron chi connectivity index (χ4n) is 2.74. The first kappa shape index (κ1) is 22.2. The summed E-state index contributed by atoms with van der Waals surface area (Å²) in [6.07, 6.45) is 2.17. The lowest BCUT2D eigenvalue weighted by atomic mass is 10.3. The highest BCUT2D eigenvalue weighted by molar-refractivity contribution is 9.10. The SMILES string of the molecule is CC[Si](CC)(CC)c1cc(Br)nc(CC=N[S+]([O-])C(C)(C)C)c1Cl. The fourth-order valence-corrected chi connectivity index (χ4v) is 8.39. The van der Waals surface area contributed by atoms with Gasteiger partial charge in [0.15, 0.2) is 0 Å². The van der Waals surface area contributed by atoms with Crippen molar-refractivity contribution in [2.45, 2.75) is 70.8 Å². The van der Waals surface area contributed by atoms with E-state index in [1.54, 1.807) is 6.21 Å². The molecule has 0 aliphatic carbocycles. The van der Waals surface area contributed by atoms with Crippen LogP contribution in [0.3, 0.4) is 0 Å². The first-order valence-electron chi connectivity index (χ1n) is 8.41. The molecule has 0 aliphatic heterocycles. The molecule has 0 aliphatic rings. The van der Waals surface area contributed by atoms with E-state index in [-0.39, 0.29) is 4.75 Å². The maximum atomic E-state index is 12.0. The van der Waals surface area contributed by atoms with Crippen LogP contribution in [0.4, 0.5) is 0 Å². The van der Waals surface area contributed by atoms with E-state index in [1.165, 1.54) is 5.19 Å². The second kappa shape index (κ2) is 9.17. The number of nitrogens with zero attached hydrogens (tertiary/aromatic N) is 2. The van der Waals surface area contributed by atoms with Gasteiger partial charge in [0.2, 0.25) is 0 Å². The van der Waals surface area contributed by atoms with Crippen LogP contribution in [0.2, 0.25) is 23.2 Å². The number of aromatic nitrogens is 1. The third-order valence-electron chi connectivity index (χ3n) is 4.58. The molecule has 3 nitrogen and oxygen atoms in total. The summed E-state index contributed by atoms with van der Waals surface area (Å²) in [5.74, 6) is 0. The second-order valence-corrected chi connectivity index (χ2v) is 15.3. The summed E-state index contributed by atoms with van der Waals surface area (Å²) in [5.41, 5.74) is 0.808. The van der Waals surface area contributed by atoms with Crippen molar-refractivity contribution in [3.8, 4) is 0 Å². The summed E-state index contributed by atoms with van der Waals surface area (Å²) in [6.45, 7) is 12.5. The summed E-state index contributed by atoms with van der Waals surface area (Å²) in [5, 5.41) is 2.04. The van der Waals surface area contributed by atoms with Gasteiger partial charge in [0.1, 0.15) is 20.7 Å². The van der Waals surface area contributed by atoms with Gasteiger partial charge >= 0.3 is 0 Å². The third-order valence-corrected chi connectivity index (χ3v) is 12.5. The van der Waals surface area contributed by atoms with Crippen molar-refractivity contribution in [2.24, 2.45) is 4.40 Å². The van der Waals surface area contributed by atoms with Crippen molar-refractivity contribution in [3.05, 3.63) is 21.4 Å². The molecule has 1 atom stereocenters. The van der Waals surface area contributed by atoms with Crippen LogP contribution in [0.5, 0.6) is 0 Å². The second-order valence-electron chi connectivity index (χ2n) is 6.95. The van der Waals surface area contributed by atoms with Gasteiger partial charge in [-0.05, 0) is 48.0 Å². The molecule has 0 saturated heterocycles. The zero-order valence-electron chi connectivity index (χ0n) is 15.4. The van der Waals surface area contributed by atoms with E-state index in [2.05, 4.69) is 52.1 Å². The van der Waals surface area contributed by atoms with Gasteiger partial charge in [0.05, 0.1) is 25.0 Å². The number of rotatable bonds is 7. The summed E-state index contributed by atoms with van der Waals surface area (Å²) < 4.78 is 16.6. The molecule has 0 N–H and O–H groups in total. The molecular weight excluding hydrogens is 424 g/mol. The largest absolute Gasteiger partial charge is 0.591 e. The lowest BCUT2D eigenvalue weighted by Gasteiger charge is -2.30. The fraction of sp³-hybridized carbons (Fsp3) is 0.647.